The molecule has 4 rings (SSSR count). The molecule has 1 aliphatic rings. The van der Waals surface area contributed by atoms with E-state index in [9.17, 15) is 13.2 Å². The molecule has 0 bridgehead atoms. The Balaban J connectivity index is 0.00000150. The number of hydrogen-bond donors (Lipinski definition) is 3. The molecular weight excluding hydrogens is 357 g/mol. The number of anilines is 1. The van der Waals surface area contributed by atoms with Gasteiger partial charge in [-0.15, -0.1) is 0 Å². The summed E-state index contributed by atoms with van der Waals surface area (Å²) in [5.74, 6) is 0.408. The summed E-state index contributed by atoms with van der Waals surface area (Å²) in [6.07, 6.45) is 0.533. The Bertz CT molecular complexity index is 954. The first-order valence-electron chi connectivity index (χ1n) is 8.81. The second-order valence-corrected chi connectivity index (χ2v) is 6.82. The van der Waals surface area contributed by atoms with Gasteiger partial charge in [0.2, 0.25) is 0 Å². The third kappa shape index (κ3) is 3.59. The third-order valence-corrected chi connectivity index (χ3v) is 4.89. The van der Waals surface area contributed by atoms with Gasteiger partial charge in [0.15, 0.2) is 5.65 Å². The van der Waals surface area contributed by atoms with Crippen LogP contribution in [0.25, 0.3) is 22.4 Å². The van der Waals surface area contributed by atoms with Crippen LogP contribution in [0.2, 0.25) is 0 Å². The monoisotopic (exact) mass is 380 g/mol. The van der Waals surface area contributed by atoms with Crippen molar-refractivity contribution in [3.05, 3.63) is 36.0 Å². The molecule has 0 spiro atoms. The number of rotatable bonds is 3. The summed E-state index contributed by atoms with van der Waals surface area (Å²) in [6, 6.07) is 6.11. The van der Waals surface area contributed by atoms with Crippen LogP contribution in [-0.2, 0) is 6.18 Å². The van der Waals surface area contributed by atoms with Gasteiger partial charge in [0.25, 0.3) is 0 Å². The zero-order valence-electron chi connectivity index (χ0n) is 14.4. The summed E-state index contributed by atoms with van der Waals surface area (Å²) in [5.41, 5.74) is 5.47. The number of nitrogens with zero attached hydrogens (tertiary/aromatic N) is 3. The van der Waals surface area contributed by atoms with Crippen LogP contribution in [0.3, 0.4) is 0 Å². The molecule has 0 aromatic carbocycles. The molecule has 1 saturated carbocycles. The lowest BCUT2D eigenvalue weighted by atomic mass is 9.92. The van der Waals surface area contributed by atoms with Gasteiger partial charge >= 0.3 is 6.18 Å². The predicted molar refractivity (Wildman–Crippen MR) is 100 cm³/mol. The number of hydrogen-bond acceptors (Lipinski definition) is 5. The van der Waals surface area contributed by atoms with Gasteiger partial charge in [-0.1, -0.05) is 0 Å². The Morgan fingerprint density at radius 2 is 1.93 bits per heavy atom. The third-order valence-electron chi connectivity index (χ3n) is 4.89. The van der Waals surface area contributed by atoms with Crippen molar-refractivity contribution in [1.29, 1.82) is 0 Å². The van der Waals surface area contributed by atoms with Gasteiger partial charge < -0.3 is 11.1 Å². The van der Waals surface area contributed by atoms with Crippen LogP contribution in [0.4, 0.5) is 19.0 Å². The lowest BCUT2D eigenvalue weighted by Gasteiger charge is -2.27. The molecule has 6 nitrogen and oxygen atoms in total. The molecule has 4 N–H and O–H groups in total. The highest BCUT2D eigenvalue weighted by molar-refractivity contribution is 5.90. The zero-order chi connectivity index (χ0) is 19.0. The van der Waals surface area contributed by atoms with Crippen molar-refractivity contribution in [1.82, 2.24) is 20.2 Å². The van der Waals surface area contributed by atoms with E-state index in [0.29, 0.717) is 16.9 Å². The highest BCUT2D eigenvalue weighted by Gasteiger charge is 2.36. The largest absolute Gasteiger partial charge is 0.418 e. The number of fused-ring (bicyclic) bond motifs is 1. The number of nitrogens with one attached hydrogen (secondary N) is 2. The van der Waals surface area contributed by atoms with E-state index in [1.165, 1.54) is 12.3 Å². The van der Waals surface area contributed by atoms with Crippen LogP contribution in [0.1, 0.15) is 34.1 Å². The van der Waals surface area contributed by atoms with Crippen LogP contribution in [0.15, 0.2) is 30.5 Å². The summed E-state index contributed by atoms with van der Waals surface area (Å²) in [7, 11) is 0. The molecule has 1 aliphatic carbocycles. The minimum Gasteiger partial charge on any atom is -0.367 e. The molecule has 0 amide bonds. The zero-order valence-corrected chi connectivity index (χ0v) is 14.4. The highest BCUT2D eigenvalue weighted by atomic mass is 19.4. The number of halogens is 3. The fourth-order valence-electron chi connectivity index (χ4n) is 3.46. The molecule has 0 radical (unpaired) electrons. The lowest BCUT2D eigenvalue weighted by Crippen LogP contribution is -2.33. The van der Waals surface area contributed by atoms with Crippen molar-refractivity contribution in [2.45, 2.75) is 43.9 Å². The molecular formula is C18H23F3N6. The summed E-state index contributed by atoms with van der Waals surface area (Å²) in [4.78, 5) is 8.35. The molecule has 0 aliphatic heterocycles. The van der Waals surface area contributed by atoms with Gasteiger partial charge in [0.1, 0.15) is 11.5 Å². The number of aromatic amines is 1. The maximum absolute atomic E-state index is 13.5. The average molecular weight is 380 g/mol. The first-order valence-corrected chi connectivity index (χ1v) is 8.81. The van der Waals surface area contributed by atoms with E-state index < -0.39 is 11.7 Å². The number of H-pyrrole nitrogens is 1. The van der Waals surface area contributed by atoms with Gasteiger partial charge in [-0.05, 0) is 49.9 Å². The van der Waals surface area contributed by atoms with E-state index in [4.69, 9.17) is 5.73 Å². The normalized spacial score (nSPS) is 20.7. The van der Waals surface area contributed by atoms with Crippen molar-refractivity contribution in [2.24, 2.45) is 5.73 Å². The SMILES string of the molecule is NC1CCC(Nc2ccc(C(F)(F)F)c(-c3[nH]nc4ncccc34)n2)CC1.[HH].[HH]. The second kappa shape index (κ2) is 6.80. The van der Waals surface area contributed by atoms with Crippen molar-refractivity contribution < 1.29 is 16.0 Å². The van der Waals surface area contributed by atoms with Crippen molar-refractivity contribution in [3.8, 4) is 11.4 Å². The Kier molecular flexibility index (Phi) is 4.47. The summed E-state index contributed by atoms with van der Waals surface area (Å²) < 4.78 is 40.6. The van der Waals surface area contributed by atoms with Gasteiger partial charge in [-0.3, -0.25) is 5.10 Å². The van der Waals surface area contributed by atoms with Gasteiger partial charge in [0, 0.05) is 26.5 Å². The Morgan fingerprint density at radius 1 is 1.15 bits per heavy atom. The van der Waals surface area contributed by atoms with Crippen molar-refractivity contribution >= 4 is 16.9 Å². The van der Waals surface area contributed by atoms with Crippen LogP contribution in [-0.4, -0.2) is 32.2 Å². The number of nitrogens with two attached hydrogens (primary N) is 1. The second-order valence-electron chi connectivity index (χ2n) is 6.82. The molecule has 1 fully saturated rings. The van der Waals surface area contributed by atoms with E-state index in [0.717, 1.165) is 31.7 Å². The molecule has 0 atom stereocenters. The van der Waals surface area contributed by atoms with Crippen LogP contribution in [0, 0.1) is 0 Å². The van der Waals surface area contributed by atoms with E-state index in [1.54, 1.807) is 12.1 Å². The van der Waals surface area contributed by atoms with Gasteiger partial charge in [0.05, 0.1) is 11.3 Å². The molecule has 0 saturated heterocycles. The molecule has 0 unspecified atom stereocenters. The Hall–Kier alpha value is -2.68. The van der Waals surface area contributed by atoms with Gasteiger partial charge in [-0.25, -0.2) is 9.97 Å². The van der Waals surface area contributed by atoms with Crippen LogP contribution >= 0.6 is 0 Å². The quantitative estimate of drug-likeness (QED) is 0.633. The molecule has 3 aromatic heterocycles. The van der Waals surface area contributed by atoms with Crippen molar-refractivity contribution in [2.75, 3.05) is 5.32 Å². The summed E-state index contributed by atoms with van der Waals surface area (Å²) in [5, 5.41) is 10.4. The highest BCUT2D eigenvalue weighted by Crippen LogP contribution is 2.38. The fraction of sp³-hybridized carbons (Fsp3) is 0.389. The molecule has 146 valence electrons. The molecule has 3 heterocycles. The molecule has 27 heavy (non-hydrogen) atoms. The summed E-state index contributed by atoms with van der Waals surface area (Å²) >= 11 is 0. The maximum atomic E-state index is 13.5. The van der Waals surface area contributed by atoms with Gasteiger partial charge in [-0.2, -0.15) is 18.3 Å². The number of alkyl halides is 3. The predicted octanol–water partition coefficient (Wildman–Crippen LogP) is 4.21. The van der Waals surface area contributed by atoms with E-state index in [1.807, 2.05) is 0 Å². The lowest BCUT2D eigenvalue weighted by molar-refractivity contribution is -0.137. The van der Waals surface area contributed by atoms with E-state index in [-0.39, 0.29) is 26.3 Å². The first-order chi connectivity index (χ1) is 12.9. The van der Waals surface area contributed by atoms with Crippen LogP contribution < -0.4 is 11.1 Å². The molecule has 3 aromatic rings. The average Bonchev–Trinajstić information content (AvgIpc) is 3.07. The smallest absolute Gasteiger partial charge is 0.367 e. The van der Waals surface area contributed by atoms with Crippen LogP contribution in [0.5, 0.6) is 0 Å². The Labute approximate surface area is 156 Å². The maximum Gasteiger partial charge on any atom is 0.418 e. The van der Waals surface area contributed by atoms with E-state index in [2.05, 4.69) is 25.5 Å². The number of pyridine rings is 2. The molecule has 9 heteroatoms. The topological polar surface area (TPSA) is 92.5 Å². The fourth-order valence-corrected chi connectivity index (χ4v) is 3.46. The van der Waals surface area contributed by atoms with E-state index >= 15 is 0 Å². The minimum atomic E-state index is -4.53. The minimum absolute atomic E-state index is 0. The van der Waals surface area contributed by atoms with Crippen molar-refractivity contribution in [3.63, 3.8) is 0 Å². The standard InChI is InChI=1S/C18H19F3N6.2H2/c19-18(20,21)13-7-8-14(24-11-5-3-10(22)4-6-11)25-16(13)15-12-2-1-9-23-17(12)27-26-15;;/h1-2,7-11H,3-6,22H2,(H,24,25)(H,23,26,27);2*1H. The number of aromatic nitrogens is 4. The Morgan fingerprint density at radius 3 is 2.67 bits per heavy atom. The first kappa shape index (κ1) is 17.7. The summed E-state index contributed by atoms with van der Waals surface area (Å²) in [6.45, 7) is 0.